The van der Waals surface area contributed by atoms with Gasteiger partial charge in [-0.05, 0) is 19.1 Å². The molecule has 88 valence electrons. The van der Waals surface area contributed by atoms with E-state index in [4.69, 9.17) is 5.11 Å². The van der Waals surface area contributed by atoms with Crippen molar-refractivity contribution < 1.29 is 23.9 Å². The van der Waals surface area contributed by atoms with Gasteiger partial charge in [-0.1, -0.05) is 12.1 Å². The number of aromatic hydroxyl groups is 1. The van der Waals surface area contributed by atoms with Crippen LogP contribution in [0, 0.1) is 0 Å². The largest absolute Gasteiger partial charge is 0.508 e. The van der Waals surface area contributed by atoms with E-state index in [0.29, 0.717) is 0 Å². The number of carbonyl (C=O) groups excluding carboxylic acids is 1. The minimum Gasteiger partial charge on any atom is -0.508 e. The molecule has 0 bridgehead atoms. The Morgan fingerprint density at radius 2 is 2.19 bits per heavy atom. The van der Waals surface area contributed by atoms with E-state index in [9.17, 15) is 14.3 Å². The molecule has 16 heavy (non-hydrogen) atoms. The Kier molecular flexibility index (Phi) is 4.24. The first kappa shape index (κ1) is 12.9. The lowest BCUT2D eigenvalue weighted by Gasteiger charge is -2.09. The van der Waals surface area contributed by atoms with E-state index in [1.54, 1.807) is 6.92 Å². The van der Waals surface area contributed by atoms with Gasteiger partial charge in [-0.3, -0.25) is 9.36 Å². The van der Waals surface area contributed by atoms with Gasteiger partial charge in [-0.2, -0.15) is 0 Å². The van der Waals surface area contributed by atoms with Crippen LogP contribution in [0.15, 0.2) is 24.3 Å². The van der Waals surface area contributed by atoms with Crippen LogP contribution < -0.4 is 0 Å². The van der Waals surface area contributed by atoms with Gasteiger partial charge in [0.15, 0.2) is 5.78 Å². The summed E-state index contributed by atoms with van der Waals surface area (Å²) in [5, 5.41) is 9.15. The Morgan fingerprint density at radius 1 is 1.50 bits per heavy atom. The highest BCUT2D eigenvalue weighted by atomic mass is 31.2. The molecule has 0 fully saturated rings. The zero-order valence-corrected chi connectivity index (χ0v) is 9.68. The van der Waals surface area contributed by atoms with Gasteiger partial charge in [0.25, 0.3) is 0 Å². The highest BCUT2D eigenvalue weighted by Crippen LogP contribution is 2.42. The van der Waals surface area contributed by atoms with Crippen molar-refractivity contribution in [3.63, 3.8) is 0 Å². The molecular formula is C10H13O5P. The molecule has 2 N–H and O–H groups in total. The van der Waals surface area contributed by atoms with Crippen molar-refractivity contribution in [2.75, 3.05) is 12.8 Å². The van der Waals surface area contributed by atoms with E-state index in [1.165, 1.54) is 24.3 Å². The number of ketones is 1. The maximum Gasteiger partial charge on any atom is 0.335 e. The molecule has 0 radical (unpaired) electrons. The molecule has 0 aliphatic rings. The summed E-state index contributed by atoms with van der Waals surface area (Å²) in [6, 6.07) is 5.62. The molecular weight excluding hydrogens is 231 g/mol. The summed E-state index contributed by atoms with van der Waals surface area (Å²) in [4.78, 5) is 20.8. The smallest absolute Gasteiger partial charge is 0.335 e. The van der Waals surface area contributed by atoms with Gasteiger partial charge in [0.2, 0.25) is 0 Å². The molecule has 0 saturated carbocycles. The number of hydrogen-bond donors (Lipinski definition) is 2. The highest BCUT2D eigenvalue weighted by Gasteiger charge is 2.24. The third-order valence-corrected chi connectivity index (χ3v) is 3.19. The summed E-state index contributed by atoms with van der Waals surface area (Å²) in [6.07, 6.45) is -0.579. The van der Waals surface area contributed by atoms with Crippen LogP contribution in [0.2, 0.25) is 0 Å². The van der Waals surface area contributed by atoms with E-state index in [-0.39, 0.29) is 17.9 Å². The van der Waals surface area contributed by atoms with Crippen LogP contribution in [0.5, 0.6) is 5.75 Å². The third-order valence-electron chi connectivity index (χ3n) is 1.84. The lowest BCUT2D eigenvalue weighted by Crippen LogP contribution is -2.07. The van der Waals surface area contributed by atoms with Crippen molar-refractivity contribution in [2.45, 2.75) is 6.92 Å². The van der Waals surface area contributed by atoms with Crippen LogP contribution in [0.25, 0.3) is 0 Å². The monoisotopic (exact) mass is 244 g/mol. The topological polar surface area (TPSA) is 83.8 Å². The average Bonchev–Trinajstić information content (AvgIpc) is 2.16. The predicted molar refractivity (Wildman–Crippen MR) is 58.8 cm³/mol. The number of phenolic OH excluding ortho intramolecular Hbond substituents is 1. The Morgan fingerprint density at radius 3 is 2.75 bits per heavy atom. The Balaban J connectivity index is 2.77. The molecule has 1 unspecified atom stereocenters. The maximum atomic E-state index is 11.6. The first-order valence-corrected chi connectivity index (χ1v) is 6.49. The Bertz CT molecular complexity index is 429. The van der Waals surface area contributed by atoms with Crippen LogP contribution in [-0.2, 0) is 9.09 Å². The van der Waals surface area contributed by atoms with E-state index < -0.39 is 19.5 Å². The molecule has 5 nitrogen and oxygen atoms in total. The van der Waals surface area contributed by atoms with E-state index >= 15 is 0 Å². The van der Waals surface area contributed by atoms with Crippen molar-refractivity contribution in [1.82, 2.24) is 0 Å². The lowest BCUT2D eigenvalue weighted by atomic mass is 10.1. The molecule has 1 aromatic carbocycles. The number of phenols is 1. The van der Waals surface area contributed by atoms with Crippen molar-refractivity contribution in [3.8, 4) is 5.75 Å². The van der Waals surface area contributed by atoms with Gasteiger partial charge in [0, 0.05) is 5.56 Å². The summed E-state index contributed by atoms with van der Waals surface area (Å²) < 4.78 is 15.9. The normalized spacial score (nSPS) is 14.4. The van der Waals surface area contributed by atoms with Crippen LogP contribution >= 0.6 is 7.60 Å². The molecule has 1 aromatic rings. The number of rotatable bonds is 5. The van der Waals surface area contributed by atoms with Gasteiger partial charge in [-0.15, -0.1) is 0 Å². The van der Waals surface area contributed by atoms with Crippen molar-refractivity contribution in [3.05, 3.63) is 29.8 Å². The first-order valence-electron chi connectivity index (χ1n) is 4.73. The Hall–Kier alpha value is -1.16. The summed E-state index contributed by atoms with van der Waals surface area (Å²) in [5.41, 5.74) is 0.189. The SMILES string of the molecule is CCOP(=O)(O)CC(=O)c1cccc(O)c1. The molecule has 1 atom stereocenters. The second kappa shape index (κ2) is 5.25. The van der Waals surface area contributed by atoms with Crippen molar-refractivity contribution >= 4 is 13.4 Å². The molecule has 0 aromatic heterocycles. The fourth-order valence-corrected chi connectivity index (χ4v) is 2.24. The first-order chi connectivity index (χ1) is 7.44. The van der Waals surface area contributed by atoms with Crippen LogP contribution in [0.1, 0.15) is 17.3 Å². The molecule has 0 saturated heterocycles. The van der Waals surface area contributed by atoms with Gasteiger partial charge < -0.3 is 14.5 Å². The fourth-order valence-electron chi connectivity index (χ4n) is 1.20. The quantitative estimate of drug-likeness (QED) is 0.609. The minimum atomic E-state index is -3.86. The number of hydrogen-bond acceptors (Lipinski definition) is 4. The van der Waals surface area contributed by atoms with Gasteiger partial charge in [0.1, 0.15) is 11.9 Å². The molecule has 1 rings (SSSR count). The fraction of sp³-hybridized carbons (Fsp3) is 0.300. The average molecular weight is 244 g/mol. The zero-order chi connectivity index (χ0) is 12.2. The minimum absolute atomic E-state index is 0.0602. The van der Waals surface area contributed by atoms with Crippen molar-refractivity contribution in [2.24, 2.45) is 0 Å². The van der Waals surface area contributed by atoms with Gasteiger partial charge in [-0.25, -0.2) is 0 Å². The predicted octanol–water partition coefficient (Wildman–Crippen LogP) is 1.80. The molecule has 6 heteroatoms. The molecule has 0 heterocycles. The molecule has 0 aliphatic heterocycles. The van der Waals surface area contributed by atoms with E-state index in [0.717, 1.165) is 0 Å². The molecule has 0 spiro atoms. The second-order valence-corrected chi connectivity index (χ2v) is 5.04. The lowest BCUT2D eigenvalue weighted by molar-refractivity contribution is 0.101. The van der Waals surface area contributed by atoms with Gasteiger partial charge in [0.05, 0.1) is 6.61 Å². The standard InChI is InChI=1S/C10H13O5P/c1-2-15-16(13,14)7-10(12)8-4-3-5-9(11)6-8/h3-6,11H,2,7H2,1H3,(H,13,14). The second-order valence-electron chi connectivity index (χ2n) is 3.19. The molecule has 0 aliphatic carbocycles. The van der Waals surface area contributed by atoms with Crippen LogP contribution in [0.3, 0.4) is 0 Å². The van der Waals surface area contributed by atoms with Crippen molar-refractivity contribution in [1.29, 1.82) is 0 Å². The summed E-state index contributed by atoms with van der Waals surface area (Å²) in [7, 11) is -3.86. The number of carbonyl (C=O) groups is 1. The van der Waals surface area contributed by atoms with E-state index in [2.05, 4.69) is 4.52 Å². The van der Waals surface area contributed by atoms with E-state index in [1.807, 2.05) is 0 Å². The summed E-state index contributed by atoms with van der Waals surface area (Å²) in [5.74, 6) is -0.592. The number of benzene rings is 1. The summed E-state index contributed by atoms with van der Waals surface area (Å²) >= 11 is 0. The van der Waals surface area contributed by atoms with Crippen LogP contribution in [0.4, 0.5) is 0 Å². The summed E-state index contributed by atoms with van der Waals surface area (Å²) in [6.45, 7) is 1.64. The number of Topliss-reactive ketones (excluding diaryl/α,β-unsaturated/α-hetero) is 1. The van der Waals surface area contributed by atoms with Gasteiger partial charge >= 0.3 is 7.60 Å². The zero-order valence-electron chi connectivity index (χ0n) is 8.79. The molecule has 0 amide bonds. The highest BCUT2D eigenvalue weighted by molar-refractivity contribution is 7.53. The maximum absolute atomic E-state index is 11.6. The third kappa shape index (κ3) is 3.77. The Labute approximate surface area is 93.2 Å². The van der Waals surface area contributed by atoms with Crippen LogP contribution in [-0.4, -0.2) is 28.6 Å².